The zero-order valence-electron chi connectivity index (χ0n) is 15.2. The summed E-state index contributed by atoms with van der Waals surface area (Å²) in [5.74, 6) is -0.305. The van der Waals surface area contributed by atoms with E-state index in [9.17, 15) is 9.50 Å². The van der Waals surface area contributed by atoms with E-state index >= 15 is 0 Å². The average molecular weight is 371 g/mol. The first-order valence-electron chi connectivity index (χ1n) is 9.07. The first kappa shape index (κ1) is 16.7. The second-order valence-corrected chi connectivity index (χ2v) is 7.13. The number of aromatic amines is 1. The zero-order chi connectivity index (χ0) is 19.3. The highest BCUT2D eigenvalue weighted by atomic mass is 19.1. The van der Waals surface area contributed by atoms with Crippen LogP contribution in [0.25, 0.3) is 27.5 Å². The van der Waals surface area contributed by atoms with Crippen molar-refractivity contribution in [3.63, 3.8) is 0 Å². The van der Waals surface area contributed by atoms with Crippen molar-refractivity contribution in [2.45, 2.75) is 12.5 Å². The first-order valence-corrected chi connectivity index (χ1v) is 9.07. The minimum atomic E-state index is -1.17. The molecule has 2 aromatic heterocycles. The number of halogens is 1. The maximum atomic E-state index is 13.6. The standard InChI is InChI=1S/C23H18FN3O/c1-23(28,20-6-3-7-21-19(20)10-11-25-21)16-8-9-22-15(12-16)14-26-27(22)18-5-2-4-17(24)13-18/h2-14,25,28H,1H3. The fourth-order valence-electron chi connectivity index (χ4n) is 3.81. The van der Waals surface area contributed by atoms with Gasteiger partial charge in [0, 0.05) is 22.5 Å². The van der Waals surface area contributed by atoms with Crippen LogP contribution in [0.5, 0.6) is 0 Å². The summed E-state index contributed by atoms with van der Waals surface area (Å²) in [5, 5.41) is 17.7. The number of aromatic nitrogens is 3. The predicted octanol–water partition coefficient (Wildman–Crippen LogP) is 4.90. The number of fused-ring (bicyclic) bond motifs is 2. The van der Waals surface area contributed by atoms with E-state index in [2.05, 4.69) is 10.1 Å². The summed E-state index contributed by atoms with van der Waals surface area (Å²) in [6.45, 7) is 1.80. The molecule has 0 saturated heterocycles. The minimum Gasteiger partial charge on any atom is -0.381 e. The summed E-state index contributed by atoms with van der Waals surface area (Å²) in [6, 6.07) is 19.9. The van der Waals surface area contributed by atoms with Crippen LogP contribution in [0.2, 0.25) is 0 Å². The molecule has 0 saturated carbocycles. The van der Waals surface area contributed by atoms with Gasteiger partial charge in [-0.1, -0.05) is 24.3 Å². The molecule has 0 fully saturated rings. The molecule has 0 amide bonds. The molecular weight excluding hydrogens is 353 g/mol. The SMILES string of the molecule is CC(O)(c1ccc2c(cnn2-c2cccc(F)c2)c1)c1cccc2[nH]ccc12. The number of H-pyrrole nitrogens is 1. The third-order valence-corrected chi connectivity index (χ3v) is 5.30. The van der Waals surface area contributed by atoms with Gasteiger partial charge in [0.05, 0.1) is 17.4 Å². The van der Waals surface area contributed by atoms with E-state index in [0.29, 0.717) is 5.69 Å². The van der Waals surface area contributed by atoms with E-state index in [0.717, 1.165) is 32.9 Å². The molecule has 0 aliphatic rings. The van der Waals surface area contributed by atoms with Gasteiger partial charge in [-0.15, -0.1) is 0 Å². The third kappa shape index (κ3) is 2.52. The quantitative estimate of drug-likeness (QED) is 0.474. The Kier molecular flexibility index (Phi) is 3.60. The van der Waals surface area contributed by atoms with Crippen LogP contribution >= 0.6 is 0 Å². The topological polar surface area (TPSA) is 53.8 Å². The van der Waals surface area contributed by atoms with Crippen molar-refractivity contribution in [3.05, 3.63) is 96.1 Å². The number of hydrogen-bond acceptors (Lipinski definition) is 2. The number of aliphatic hydroxyl groups is 1. The smallest absolute Gasteiger partial charge is 0.125 e. The van der Waals surface area contributed by atoms with Gasteiger partial charge in [-0.25, -0.2) is 9.07 Å². The Morgan fingerprint density at radius 2 is 1.89 bits per heavy atom. The fraction of sp³-hybridized carbons (Fsp3) is 0.0870. The van der Waals surface area contributed by atoms with Gasteiger partial charge in [0.25, 0.3) is 0 Å². The van der Waals surface area contributed by atoms with Crippen molar-refractivity contribution in [1.29, 1.82) is 0 Å². The van der Waals surface area contributed by atoms with Crippen LogP contribution in [0.4, 0.5) is 4.39 Å². The predicted molar refractivity (Wildman–Crippen MR) is 108 cm³/mol. The van der Waals surface area contributed by atoms with Crippen LogP contribution in [-0.4, -0.2) is 19.9 Å². The highest BCUT2D eigenvalue weighted by Gasteiger charge is 2.28. The average Bonchev–Trinajstić information content (AvgIpc) is 3.34. The summed E-state index contributed by atoms with van der Waals surface area (Å²) < 4.78 is 15.3. The van der Waals surface area contributed by atoms with E-state index in [4.69, 9.17) is 0 Å². The Labute approximate surface area is 160 Å². The first-order chi connectivity index (χ1) is 13.5. The summed E-state index contributed by atoms with van der Waals surface area (Å²) in [7, 11) is 0. The van der Waals surface area contributed by atoms with Crippen molar-refractivity contribution in [2.75, 3.05) is 0 Å². The largest absolute Gasteiger partial charge is 0.381 e. The number of rotatable bonds is 3. The highest BCUT2D eigenvalue weighted by molar-refractivity contribution is 5.85. The second kappa shape index (κ2) is 6.04. The summed E-state index contributed by atoms with van der Waals surface area (Å²) >= 11 is 0. The lowest BCUT2D eigenvalue weighted by Crippen LogP contribution is -2.23. The Balaban J connectivity index is 1.63. The van der Waals surface area contributed by atoms with Gasteiger partial charge in [0.1, 0.15) is 11.4 Å². The van der Waals surface area contributed by atoms with E-state index in [1.807, 2.05) is 54.7 Å². The Morgan fingerprint density at radius 1 is 1.04 bits per heavy atom. The molecule has 0 spiro atoms. The van der Waals surface area contributed by atoms with Crippen molar-refractivity contribution in [3.8, 4) is 5.69 Å². The zero-order valence-corrected chi connectivity index (χ0v) is 15.2. The molecule has 1 atom stereocenters. The Morgan fingerprint density at radius 3 is 2.75 bits per heavy atom. The number of nitrogens with zero attached hydrogens (tertiary/aromatic N) is 2. The number of nitrogens with one attached hydrogen (secondary N) is 1. The number of benzene rings is 3. The monoisotopic (exact) mass is 371 g/mol. The molecule has 5 aromatic rings. The normalized spacial score (nSPS) is 13.8. The molecule has 1 unspecified atom stereocenters. The molecule has 0 aliphatic carbocycles. The molecule has 3 aromatic carbocycles. The highest BCUT2D eigenvalue weighted by Crippen LogP contribution is 2.35. The summed E-state index contributed by atoms with van der Waals surface area (Å²) in [4.78, 5) is 3.18. The lowest BCUT2D eigenvalue weighted by atomic mass is 9.86. The van der Waals surface area contributed by atoms with Gasteiger partial charge in [-0.3, -0.25) is 0 Å². The van der Waals surface area contributed by atoms with E-state index < -0.39 is 5.60 Å². The Hall–Kier alpha value is -3.44. The minimum absolute atomic E-state index is 0.305. The van der Waals surface area contributed by atoms with Crippen molar-refractivity contribution >= 4 is 21.8 Å². The maximum Gasteiger partial charge on any atom is 0.125 e. The molecule has 138 valence electrons. The molecule has 0 bridgehead atoms. The van der Waals surface area contributed by atoms with Gasteiger partial charge in [-0.2, -0.15) is 5.10 Å². The molecule has 28 heavy (non-hydrogen) atoms. The molecule has 0 radical (unpaired) electrons. The molecule has 4 nitrogen and oxygen atoms in total. The third-order valence-electron chi connectivity index (χ3n) is 5.30. The summed E-state index contributed by atoms with van der Waals surface area (Å²) in [5.41, 5.74) is 2.93. The molecular formula is C23H18FN3O. The molecule has 2 N–H and O–H groups in total. The van der Waals surface area contributed by atoms with Crippen molar-refractivity contribution < 1.29 is 9.50 Å². The summed E-state index contributed by atoms with van der Waals surface area (Å²) in [6.07, 6.45) is 3.60. The van der Waals surface area contributed by atoms with Gasteiger partial charge < -0.3 is 10.1 Å². The lowest BCUT2D eigenvalue weighted by molar-refractivity contribution is 0.104. The van der Waals surface area contributed by atoms with E-state index in [-0.39, 0.29) is 5.82 Å². The molecule has 5 heteroatoms. The molecule has 2 heterocycles. The van der Waals surface area contributed by atoms with Crippen molar-refractivity contribution in [1.82, 2.24) is 14.8 Å². The van der Waals surface area contributed by atoms with Crippen LogP contribution in [0.15, 0.2) is 79.1 Å². The van der Waals surface area contributed by atoms with E-state index in [1.165, 1.54) is 12.1 Å². The van der Waals surface area contributed by atoms with Crippen molar-refractivity contribution in [2.24, 2.45) is 0 Å². The van der Waals surface area contributed by atoms with Gasteiger partial charge >= 0.3 is 0 Å². The lowest BCUT2D eigenvalue weighted by Gasteiger charge is -2.25. The van der Waals surface area contributed by atoms with Crippen LogP contribution in [0.1, 0.15) is 18.1 Å². The van der Waals surface area contributed by atoms with Crippen LogP contribution in [0.3, 0.4) is 0 Å². The molecule has 5 rings (SSSR count). The van der Waals surface area contributed by atoms with Crippen LogP contribution < -0.4 is 0 Å². The van der Waals surface area contributed by atoms with Crippen LogP contribution in [-0.2, 0) is 5.60 Å². The van der Waals surface area contributed by atoms with Gasteiger partial charge in [0.15, 0.2) is 0 Å². The van der Waals surface area contributed by atoms with Crippen LogP contribution in [0, 0.1) is 5.82 Å². The molecule has 0 aliphatic heterocycles. The van der Waals surface area contributed by atoms with Gasteiger partial charge in [0.2, 0.25) is 0 Å². The Bertz CT molecular complexity index is 1320. The fourth-order valence-corrected chi connectivity index (χ4v) is 3.81. The maximum absolute atomic E-state index is 13.6. The van der Waals surface area contributed by atoms with Gasteiger partial charge in [-0.05, 0) is 60.5 Å². The van der Waals surface area contributed by atoms with E-state index in [1.54, 1.807) is 23.9 Å². The second-order valence-electron chi connectivity index (χ2n) is 7.13. The number of hydrogen-bond donors (Lipinski definition) is 2.